The van der Waals surface area contributed by atoms with Gasteiger partial charge in [0, 0.05) is 23.8 Å². The molecule has 0 unspecified atom stereocenters. The van der Waals surface area contributed by atoms with E-state index in [1.165, 1.54) is 6.07 Å². The molecule has 0 aliphatic heterocycles. The predicted molar refractivity (Wildman–Crippen MR) is 63.9 cm³/mol. The summed E-state index contributed by atoms with van der Waals surface area (Å²) in [5.74, 6) is -0.292. The van der Waals surface area contributed by atoms with Gasteiger partial charge in [0.1, 0.15) is 11.3 Å². The summed E-state index contributed by atoms with van der Waals surface area (Å²) >= 11 is 0. The second kappa shape index (κ2) is 4.90. The Kier molecular flexibility index (Phi) is 3.31. The Morgan fingerprint density at radius 2 is 2.19 bits per heavy atom. The molecule has 1 aromatic carbocycles. The molecule has 84 valence electrons. The van der Waals surface area contributed by atoms with Crippen molar-refractivity contribution in [2.45, 2.75) is 6.42 Å². The fourth-order valence-electron chi connectivity index (χ4n) is 1.62. The highest BCUT2D eigenvalue weighted by atomic mass is 19.1. The number of nitrogens with zero attached hydrogens (tertiary/aromatic N) is 1. The van der Waals surface area contributed by atoms with E-state index in [0.29, 0.717) is 12.1 Å². The van der Waals surface area contributed by atoms with Crippen LogP contribution in [0.15, 0.2) is 30.5 Å². The monoisotopic (exact) mass is 219 g/mol. The maximum absolute atomic E-state index is 13.4. The quantitative estimate of drug-likeness (QED) is 0.774. The van der Waals surface area contributed by atoms with E-state index in [1.807, 2.05) is 12.1 Å². The lowest BCUT2D eigenvalue weighted by Gasteiger charge is -2.08. The zero-order chi connectivity index (χ0) is 11.4. The van der Waals surface area contributed by atoms with Crippen LogP contribution in [-0.4, -0.2) is 18.1 Å². The van der Waals surface area contributed by atoms with E-state index >= 15 is 0 Å². The predicted octanol–water partition coefficient (Wildman–Crippen LogP) is 2.13. The average Bonchev–Trinajstić information content (AvgIpc) is 2.31. The minimum atomic E-state index is -0.292. The molecule has 0 saturated heterocycles. The van der Waals surface area contributed by atoms with Crippen LogP contribution in [0.1, 0.15) is 6.42 Å². The summed E-state index contributed by atoms with van der Waals surface area (Å²) in [6.07, 6.45) is 2.50. The summed E-state index contributed by atoms with van der Waals surface area (Å²) < 4.78 is 13.4. The normalized spacial score (nSPS) is 10.6. The SMILES string of the molecule is NCCCNc1ccnc2c(F)cccc12. The standard InChI is InChI=1S/C12H14FN3/c13-10-4-1-3-9-11(15-7-2-6-14)5-8-16-12(9)10/h1,3-5,8H,2,6-7,14H2,(H,15,16). The Balaban J connectivity index is 2.34. The molecule has 0 saturated carbocycles. The molecule has 0 amide bonds. The van der Waals surface area contributed by atoms with Crippen molar-refractivity contribution < 1.29 is 4.39 Å². The zero-order valence-electron chi connectivity index (χ0n) is 8.91. The van der Waals surface area contributed by atoms with Gasteiger partial charge in [-0.3, -0.25) is 4.98 Å². The topological polar surface area (TPSA) is 50.9 Å². The van der Waals surface area contributed by atoms with Gasteiger partial charge in [0.2, 0.25) is 0 Å². The Morgan fingerprint density at radius 1 is 1.31 bits per heavy atom. The third-order valence-corrected chi connectivity index (χ3v) is 2.42. The molecule has 0 spiro atoms. The Bertz CT molecular complexity index is 485. The highest BCUT2D eigenvalue weighted by Crippen LogP contribution is 2.22. The number of hydrogen-bond acceptors (Lipinski definition) is 3. The molecule has 1 heterocycles. The third-order valence-electron chi connectivity index (χ3n) is 2.42. The van der Waals surface area contributed by atoms with E-state index in [0.717, 1.165) is 24.0 Å². The van der Waals surface area contributed by atoms with E-state index in [4.69, 9.17) is 5.73 Å². The van der Waals surface area contributed by atoms with Crippen molar-refractivity contribution in [2.24, 2.45) is 5.73 Å². The van der Waals surface area contributed by atoms with E-state index < -0.39 is 0 Å². The molecule has 0 fully saturated rings. The fourth-order valence-corrected chi connectivity index (χ4v) is 1.62. The number of aromatic nitrogens is 1. The molecule has 0 aliphatic carbocycles. The van der Waals surface area contributed by atoms with Crippen LogP contribution in [0.5, 0.6) is 0 Å². The fraction of sp³-hybridized carbons (Fsp3) is 0.250. The molecule has 0 aliphatic rings. The zero-order valence-corrected chi connectivity index (χ0v) is 8.91. The minimum absolute atomic E-state index is 0.292. The summed E-state index contributed by atoms with van der Waals surface area (Å²) in [6.45, 7) is 1.43. The maximum atomic E-state index is 13.4. The summed E-state index contributed by atoms with van der Waals surface area (Å²) in [7, 11) is 0. The second-order valence-electron chi connectivity index (χ2n) is 3.56. The number of hydrogen-bond donors (Lipinski definition) is 2. The van der Waals surface area contributed by atoms with Gasteiger partial charge in [0.15, 0.2) is 0 Å². The first-order chi connectivity index (χ1) is 7.83. The van der Waals surface area contributed by atoms with Crippen LogP contribution in [-0.2, 0) is 0 Å². The van der Waals surface area contributed by atoms with Gasteiger partial charge < -0.3 is 11.1 Å². The van der Waals surface area contributed by atoms with Crippen molar-refractivity contribution >= 4 is 16.6 Å². The van der Waals surface area contributed by atoms with Gasteiger partial charge in [0.05, 0.1) is 0 Å². The van der Waals surface area contributed by atoms with Crippen molar-refractivity contribution in [1.82, 2.24) is 4.98 Å². The number of pyridine rings is 1. The van der Waals surface area contributed by atoms with Crippen LogP contribution < -0.4 is 11.1 Å². The molecule has 0 atom stereocenters. The molecule has 0 bridgehead atoms. The number of rotatable bonds is 4. The van der Waals surface area contributed by atoms with Crippen LogP contribution >= 0.6 is 0 Å². The summed E-state index contributed by atoms with van der Waals surface area (Å²) in [5, 5.41) is 4.03. The largest absolute Gasteiger partial charge is 0.384 e. The molecular weight excluding hydrogens is 205 g/mol. The lowest BCUT2D eigenvalue weighted by molar-refractivity contribution is 0.637. The number of halogens is 1. The second-order valence-corrected chi connectivity index (χ2v) is 3.56. The van der Waals surface area contributed by atoms with Gasteiger partial charge in [-0.15, -0.1) is 0 Å². The van der Waals surface area contributed by atoms with Gasteiger partial charge in [-0.2, -0.15) is 0 Å². The van der Waals surface area contributed by atoms with Crippen molar-refractivity contribution in [3.8, 4) is 0 Å². The van der Waals surface area contributed by atoms with Gasteiger partial charge in [-0.25, -0.2) is 4.39 Å². The molecule has 1 aromatic heterocycles. The lowest BCUT2D eigenvalue weighted by Crippen LogP contribution is -2.08. The Hall–Kier alpha value is -1.68. The van der Waals surface area contributed by atoms with Crippen LogP contribution in [0.2, 0.25) is 0 Å². The number of para-hydroxylation sites is 1. The first-order valence-electron chi connectivity index (χ1n) is 5.30. The van der Waals surface area contributed by atoms with Crippen LogP contribution in [0.4, 0.5) is 10.1 Å². The lowest BCUT2D eigenvalue weighted by atomic mass is 10.2. The average molecular weight is 219 g/mol. The van der Waals surface area contributed by atoms with Crippen molar-refractivity contribution in [2.75, 3.05) is 18.4 Å². The third kappa shape index (κ3) is 2.12. The van der Waals surface area contributed by atoms with Gasteiger partial charge in [-0.05, 0) is 25.1 Å². The molecule has 4 heteroatoms. The van der Waals surface area contributed by atoms with Crippen molar-refractivity contribution in [1.29, 1.82) is 0 Å². The maximum Gasteiger partial charge on any atom is 0.149 e. The molecule has 16 heavy (non-hydrogen) atoms. The molecule has 3 nitrogen and oxygen atoms in total. The number of anilines is 1. The van der Waals surface area contributed by atoms with E-state index in [1.54, 1.807) is 12.3 Å². The number of benzene rings is 1. The van der Waals surface area contributed by atoms with Gasteiger partial charge in [-0.1, -0.05) is 12.1 Å². The number of nitrogens with two attached hydrogens (primary N) is 1. The van der Waals surface area contributed by atoms with Crippen LogP contribution in [0.3, 0.4) is 0 Å². The molecule has 2 rings (SSSR count). The van der Waals surface area contributed by atoms with E-state index in [2.05, 4.69) is 10.3 Å². The number of fused-ring (bicyclic) bond motifs is 1. The Morgan fingerprint density at radius 3 is 3.00 bits per heavy atom. The smallest absolute Gasteiger partial charge is 0.149 e. The number of nitrogens with one attached hydrogen (secondary N) is 1. The highest BCUT2D eigenvalue weighted by Gasteiger charge is 2.04. The summed E-state index contributed by atoms with van der Waals surface area (Å²) in [5.41, 5.74) is 6.72. The van der Waals surface area contributed by atoms with Gasteiger partial charge in [0.25, 0.3) is 0 Å². The minimum Gasteiger partial charge on any atom is -0.384 e. The molecule has 3 N–H and O–H groups in total. The summed E-state index contributed by atoms with van der Waals surface area (Å²) in [6, 6.07) is 6.81. The van der Waals surface area contributed by atoms with Crippen molar-refractivity contribution in [3.63, 3.8) is 0 Å². The first kappa shape index (κ1) is 10.8. The van der Waals surface area contributed by atoms with Crippen LogP contribution in [0.25, 0.3) is 10.9 Å². The van der Waals surface area contributed by atoms with Gasteiger partial charge >= 0.3 is 0 Å². The van der Waals surface area contributed by atoms with E-state index in [9.17, 15) is 4.39 Å². The Labute approximate surface area is 93.5 Å². The van der Waals surface area contributed by atoms with Crippen LogP contribution in [0, 0.1) is 5.82 Å². The van der Waals surface area contributed by atoms with Crippen molar-refractivity contribution in [3.05, 3.63) is 36.3 Å². The molecule has 0 radical (unpaired) electrons. The summed E-state index contributed by atoms with van der Waals surface area (Å²) in [4.78, 5) is 4.03. The van der Waals surface area contributed by atoms with E-state index in [-0.39, 0.29) is 5.82 Å². The highest BCUT2D eigenvalue weighted by molar-refractivity contribution is 5.91. The molecular formula is C12H14FN3. The molecule has 2 aromatic rings. The first-order valence-corrected chi connectivity index (χ1v) is 5.30.